The van der Waals surface area contributed by atoms with Crippen molar-refractivity contribution in [1.82, 2.24) is 5.48 Å². The molecule has 0 unspecified atom stereocenters. The van der Waals surface area contributed by atoms with Crippen molar-refractivity contribution < 1.29 is 5.21 Å². The van der Waals surface area contributed by atoms with Crippen molar-refractivity contribution >= 4 is 0 Å². The van der Waals surface area contributed by atoms with Crippen molar-refractivity contribution in [2.24, 2.45) is 22.7 Å². The lowest BCUT2D eigenvalue weighted by molar-refractivity contribution is -0.0390. The van der Waals surface area contributed by atoms with Gasteiger partial charge in [0, 0.05) is 5.70 Å². The van der Waals surface area contributed by atoms with Gasteiger partial charge in [0.15, 0.2) is 0 Å². The lowest BCUT2D eigenvalue weighted by Crippen LogP contribution is -2.48. The Balaban J connectivity index is 2.02. The monoisotopic (exact) mass is 345 g/mol. The fraction of sp³-hybridized carbons (Fsp3) is 0.739. The van der Waals surface area contributed by atoms with Crippen molar-refractivity contribution in [1.29, 1.82) is 0 Å². The molecule has 2 aliphatic rings. The molecule has 2 N–H and O–H groups in total. The first-order chi connectivity index (χ1) is 11.7. The van der Waals surface area contributed by atoms with E-state index in [4.69, 9.17) is 5.21 Å². The molecule has 1 saturated carbocycles. The van der Waals surface area contributed by atoms with Crippen LogP contribution in [0.2, 0.25) is 0 Å². The zero-order valence-electron chi connectivity index (χ0n) is 17.1. The summed E-state index contributed by atoms with van der Waals surface area (Å²) in [5.41, 5.74) is 6.87. The number of hydrogen-bond donors (Lipinski definition) is 2. The largest absolute Gasteiger partial charge is 0.291 e. The van der Waals surface area contributed by atoms with Crippen LogP contribution >= 0.6 is 0 Å². The normalized spacial score (nSPS) is 31.9. The summed E-state index contributed by atoms with van der Waals surface area (Å²) < 4.78 is 0. The van der Waals surface area contributed by atoms with E-state index in [1.807, 2.05) is 0 Å². The van der Waals surface area contributed by atoms with Gasteiger partial charge in [-0.05, 0) is 81.5 Å². The van der Waals surface area contributed by atoms with E-state index < -0.39 is 0 Å². The summed E-state index contributed by atoms with van der Waals surface area (Å²) in [6.45, 7) is 16.0. The van der Waals surface area contributed by atoms with Gasteiger partial charge >= 0.3 is 0 Å². The molecule has 2 aliphatic carbocycles. The minimum absolute atomic E-state index is 0.468. The third kappa shape index (κ3) is 4.58. The highest BCUT2D eigenvalue weighted by atomic mass is 16.5. The Hall–Kier alpha value is -1.02. The Kier molecular flexibility index (Phi) is 6.59. The molecule has 2 rings (SSSR count). The zero-order chi connectivity index (χ0) is 18.7. The van der Waals surface area contributed by atoms with E-state index in [9.17, 15) is 0 Å². The van der Waals surface area contributed by atoms with Crippen molar-refractivity contribution in [2.45, 2.75) is 86.0 Å². The summed E-state index contributed by atoms with van der Waals surface area (Å²) in [7, 11) is 0. The summed E-state index contributed by atoms with van der Waals surface area (Å²) in [6, 6.07) is 0. The van der Waals surface area contributed by atoms with Gasteiger partial charge in [-0.1, -0.05) is 57.1 Å². The maximum atomic E-state index is 8.81. The van der Waals surface area contributed by atoms with Crippen LogP contribution in [0, 0.1) is 22.7 Å². The van der Waals surface area contributed by atoms with Crippen molar-refractivity contribution in [3.05, 3.63) is 35.6 Å². The van der Waals surface area contributed by atoms with Gasteiger partial charge in [0.05, 0.1) is 0 Å². The first kappa shape index (κ1) is 20.3. The van der Waals surface area contributed by atoms with Crippen molar-refractivity contribution in [3.8, 4) is 0 Å². The third-order valence-electron chi connectivity index (χ3n) is 7.22. The zero-order valence-corrected chi connectivity index (χ0v) is 17.1. The fourth-order valence-corrected chi connectivity index (χ4v) is 5.72. The quantitative estimate of drug-likeness (QED) is 0.393. The fourth-order valence-electron chi connectivity index (χ4n) is 5.72. The Morgan fingerprint density at radius 3 is 2.72 bits per heavy atom. The van der Waals surface area contributed by atoms with Crippen LogP contribution in [0.1, 0.15) is 86.0 Å². The number of fused-ring (bicyclic) bond motifs is 1. The molecule has 0 bridgehead atoms. The van der Waals surface area contributed by atoms with Crippen LogP contribution in [0.3, 0.4) is 0 Å². The lowest BCUT2D eigenvalue weighted by Gasteiger charge is -2.57. The minimum Gasteiger partial charge on any atom is -0.291 e. The van der Waals surface area contributed by atoms with Crippen LogP contribution in [0.15, 0.2) is 35.6 Å². The summed E-state index contributed by atoms with van der Waals surface area (Å²) in [6.07, 6.45) is 14.5. The number of nitrogens with one attached hydrogen (secondary N) is 1. The average molecular weight is 346 g/mol. The van der Waals surface area contributed by atoms with E-state index in [1.165, 1.54) is 44.1 Å². The average Bonchev–Trinajstić information content (AvgIpc) is 2.53. The number of hydrogen-bond acceptors (Lipinski definition) is 2. The molecule has 1 fully saturated rings. The predicted octanol–water partition coefficient (Wildman–Crippen LogP) is 6.78. The highest BCUT2D eigenvalue weighted by Gasteiger charge is 2.51. The molecule has 3 atom stereocenters. The van der Waals surface area contributed by atoms with Gasteiger partial charge in [-0.25, -0.2) is 0 Å². The predicted molar refractivity (Wildman–Crippen MR) is 107 cm³/mol. The molecular formula is C23H39NO. The van der Waals surface area contributed by atoms with Crippen molar-refractivity contribution in [2.75, 3.05) is 0 Å². The Labute approximate surface area is 155 Å². The summed E-state index contributed by atoms with van der Waals surface area (Å²) in [5.74, 6) is 1.55. The van der Waals surface area contributed by atoms with Crippen LogP contribution in [-0.2, 0) is 0 Å². The minimum atomic E-state index is 0.468. The molecule has 0 spiro atoms. The number of hydroxylamine groups is 1. The van der Waals surface area contributed by atoms with Crippen LogP contribution in [0.4, 0.5) is 0 Å². The first-order valence-electron chi connectivity index (χ1n) is 10.1. The molecule has 0 aromatic rings. The maximum absolute atomic E-state index is 8.81. The van der Waals surface area contributed by atoms with E-state index in [1.54, 1.807) is 5.57 Å². The van der Waals surface area contributed by atoms with Gasteiger partial charge in [-0.15, -0.1) is 0 Å². The van der Waals surface area contributed by atoms with Crippen LogP contribution in [0.25, 0.3) is 0 Å². The Morgan fingerprint density at radius 1 is 1.32 bits per heavy atom. The van der Waals surface area contributed by atoms with E-state index in [0.717, 1.165) is 24.7 Å². The molecule has 0 aromatic heterocycles. The SMILES string of the molecule is C=C(CC/C=C(\C)CC[C@@H]1C(C)=CC[C@H]2C(C)(C)CCC[C@@]12C)NO. The second-order valence-corrected chi connectivity index (χ2v) is 9.48. The molecular weight excluding hydrogens is 306 g/mol. The standard InChI is InChI=1S/C23H39NO/c1-17(9-7-10-19(3)24-25)11-13-20-18(2)12-14-21-22(4,5)15-8-16-23(20,21)6/h9,12,20-21,24-25H,3,7-8,10-11,13-16H2,1-2,4-6H3/b17-9+/t20-,21+,23+/m1/s1. The highest BCUT2D eigenvalue weighted by molar-refractivity contribution is 5.19. The molecule has 0 aromatic carbocycles. The summed E-state index contributed by atoms with van der Waals surface area (Å²) >= 11 is 0. The van der Waals surface area contributed by atoms with Crippen LogP contribution in [0.5, 0.6) is 0 Å². The van der Waals surface area contributed by atoms with Gasteiger partial charge in [0.2, 0.25) is 0 Å². The van der Waals surface area contributed by atoms with Gasteiger partial charge in [0.1, 0.15) is 0 Å². The Bertz CT molecular complexity index is 542. The van der Waals surface area contributed by atoms with Gasteiger partial charge in [0.25, 0.3) is 0 Å². The molecule has 2 nitrogen and oxygen atoms in total. The van der Waals surface area contributed by atoms with Crippen LogP contribution < -0.4 is 5.48 Å². The molecule has 0 radical (unpaired) electrons. The second-order valence-electron chi connectivity index (χ2n) is 9.48. The lowest BCUT2D eigenvalue weighted by atomic mass is 9.48. The number of allylic oxidation sites excluding steroid dienone is 5. The second kappa shape index (κ2) is 8.12. The van der Waals surface area contributed by atoms with Crippen molar-refractivity contribution in [3.63, 3.8) is 0 Å². The highest BCUT2D eigenvalue weighted by Crippen LogP contribution is 2.60. The third-order valence-corrected chi connectivity index (χ3v) is 7.22. The van der Waals surface area contributed by atoms with E-state index in [0.29, 0.717) is 16.5 Å². The topological polar surface area (TPSA) is 32.3 Å². The summed E-state index contributed by atoms with van der Waals surface area (Å²) in [5, 5.41) is 8.81. The van der Waals surface area contributed by atoms with Gasteiger partial charge in [-0.3, -0.25) is 10.7 Å². The van der Waals surface area contributed by atoms with Gasteiger partial charge < -0.3 is 0 Å². The smallest absolute Gasteiger partial charge is 0.0307 e. The van der Waals surface area contributed by atoms with E-state index in [-0.39, 0.29) is 0 Å². The summed E-state index contributed by atoms with van der Waals surface area (Å²) in [4.78, 5) is 0. The van der Waals surface area contributed by atoms with E-state index >= 15 is 0 Å². The molecule has 0 saturated heterocycles. The molecule has 0 aliphatic heterocycles. The Morgan fingerprint density at radius 2 is 2.04 bits per heavy atom. The molecule has 142 valence electrons. The molecule has 0 heterocycles. The number of rotatable bonds is 7. The van der Waals surface area contributed by atoms with Crippen LogP contribution in [-0.4, -0.2) is 5.21 Å². The molecule has 0 amide bonds. The van der Waals surface area contributed by atoms with Gasteiger partial charge in [-0.2, -0.15) is 0 Å². The molecule has 25 heavy (non-hydrogen) atoms. The van der Waals surface area contributed by atoms with E-state index in [2.05, 4.69) is 58.8 Å². The maximum Gasteiger partial charge on any atom is 0.0307 e. The molecule has 2 heteroatoms. The first-order valence-corrected chi connectivity index (χ1v) is 10.1.